The fraction of sp³-hybridized carbons (Fsp3) is 0.750. The largest absolute Gasteiger partial charge is 0.355 e. The summed E-state index contributed by atoms with van der Waals surface area (Å²) in [7, 11) is 0. The van der Waals surface area contributed by atoms with E-state index in [0.29, 0.717) is 52.4 Å². The molecule has 2 aliphatic heterocycles. The Morgan fingerprint density at radius 2 is 1.23 bits per heavy atom. The molecular formula is C16H28N6O4. The SMILES string of the molecule is NCCNC(=O)C1CC(=O)N(CCN2CC(C(=O)NCCN)CC2=O)C1. The molecule has 6 N–H and O–H groups in total. The summed E-state index contributed by atoms with van der Waals surface area (Å²) in [6, 6.07) is 0. The number of carbonyl (C=O) groups is 4. The summed E-state index contributed by atoms with van der Waals surface area (Å²) in [6.07, 6.45) is 0.350. The lowest BCUT2D eigenvalue weighted by Crippen LogP contribution is -2.39. The molecule has 26 heavy (non-hydrogen) atoms. The lowest BCUT2D eigenvalue weighted by atomic mass is 10.1. The van der Waals surface area contributed by atoms with E-state index in [0.717, 1.165) is 0 Å². The van der Waals surface area contributed by atoms with Gasteiger partial charge in [-0.25, -0.2) is 0 Å². The normalized spacial score (nSPS) is 22.8. The first kappa shape index (κ1) is 20.1. The molecule has 10 nitrogen and oxygen atoms in total. The van der Waals surface area contributed by atoms with Gasteiger partial charge in [-0.3, -0.25) is 19.2 Å². The van der Waals surface area contributed by atoms with Gasteiger partial charge in [0.15, 0.2) is 0 Å². The van der Waals surface area contributed by atoms with Crippen LogP contribution in [0.3, 0.4) is 0 Å². The Morgan fingerprint density at radius 1 is 0.846 bits per heavy atom. The van der Waals surface area contributed by atoms with Crippen molar-refractivity contribution in [2.45, 2.75) is 12.8 Å². The van der Waals surface area contributed by atoms with Crippen molar-refractivity contribution in [3.05, 3.63) is 0 Å². The third-order valence-corrected chi connectivity index (χ3v) is 4.70. The van der Waals surface area contributed by atoms with Crippen molar-refractivity contribution in [3.8, 4) is 0 Å². The number of amides is 4. The van der Waals surface area contributed by atoms with Gasteiger partial charge in [0.2, 0.25) is 23.6 Å². The van der Waals surface area contributed by atoms with Crippen molar-refractivity contribution in [1.82, 2.24) is 20.4 Å². The molecular weight excluding hydrogens is 340 g/mol. The summed E-state index contributed by atoms with van der Waals surface area (Å²) < 4.78 is 0. The molecule has 0 saturated carbocycles. The van der Waals surface area contributed by atoms with E-state index in [1.54, 1.807) is 9.80 Å². The Balaban J connectivity index is 1.78. The van der Waals surface area contributed by atoms with E-state index >= 15 is 0 Å². The van der Waals surface area contributed by atoms with E-state index in [2.05, 4.69) is 10.6 Å². The van der Waals surface area contributed by atoms with Crippen LogP contribution in [0.2, 0.25) is 0 Å². The number of hydrogen-bond donors (Lipinski definition) is 4. The minimum absolute atomic E-state index is 0.0956. The van der Waals surface area contributed by atoms with Gasteiger partial charge in [0.25, 0.3) is 0 Å². The lowest BCUT2D eigenvalue weighted by molar-refractivity contribution is -0.131. The smallest absolute Gasteiger partial charge is 0.225 e. The molecule has 0 aromatic heterocycles. The fourth-order valence-electron chi connectivity index (χ4n) is 3.25. The summed E-state index contributed by atoms with van der Waals surface area (Å²) in [4.78, 5) is 51.3. The van der Waals surface area contributed by atoms with Crippen molar-refractivity contribution in [2.75, 3.05) is 52.4 Å². The highest BCUT2D eigenvalue weighted by Gasteiger charge is 2.37. The summed E-state index contributed by atoms with van der Waals surface area (Å²) in [5.74, 6) is -1.28. The molecule has 0 aliphatic carbocycles. The highest BCUT2D eigenvalue weighted by atomic mass is 16.2. The number of likely N-dealkylation sites (tertiary alicyclic amines) is 2. The maximum atomic E-state index is 12.1. The third-order valence-electron chi connectivity index (χ3n) is 4.70. The van der Waals surface area contributed by atoms with Crippen LogP contribution in [0.1, 0.15) is 12.8 Å². The van der Waals surface area contributed by atoms with Gasteiger partial charge in [-0.15, -0.1) is 0 Å². The molecule has 0 radical (unpaired) electrons. The Morgan fingerprint density at radius 3 is 1.58 bits per heavy atom. The van der Waals surface area contributed by atoms with Crippen molar-refractivity contribution < 1.29 is 19.2 Å². The van der Waals surface area contributed by atoms with Gasteiger partial charge >= 0.3 is 0 Å². The van der Waals surface area contributed by atoms with E-state index < -0.39 is 0 Å². The van der Waals surface area contributed by atoms with Gasteiger partial charge in [-0.1, -0.05) is 0 Å². The molecule has 2 heterocycles. The van der Waals surface area contributed by atoms with E-state index in [4.69, 9.17) is 11.5 Å². The molecule has 2 fully saturated rings. The number of nitrogens with one attached hydrogen (secondary N) is 2. The maximum absolute atomic E-state index is 12.1. The molecule has 2 saturated heterocycles. The molecule has 146 valence electrons. The van der Waals surface area contributed by atoms with E-state index in [1.165, 1.54) is 0 Å². The number of hydrogen-bond acceptors (Lipinski definition) is 6. The standard InChI is InChI=1S/C16H28N6O4/c17-1-3-19-15(25)11-7-13(23)21(9-11)5-6-22-10-12(8-14(22)24)16(26)20-4-2-18/h11-12H,1-10,17-18H2,(H,19,25)(H,20,26). The van der Waals surface area contributed by atoms with Crippen LogP contribution >= 0.6 is 0 Å². The summed E-state index contributed by atoms with van der Waals surface area (Å²) in [5, 5.41) is 5.39. The molecule has 0 bridgehead atoms. The first-order valence-corrected chi connectivity index (χ1v) is 8.97. The Bertz CT molecular complexity index is 507. The van der Waals surface area contributed by atoms with Crippen molar-refractivity contribution >= 4 is 23.6 Å². The van der Waals surface area contributed by atoms with Crippen molar-refractivity contribution in [2.24, 2.45) is 23.3 Å². The van der Waals surface area contributed by atoms with Gasteiger partial charge in [0.1, 0.15) is 0 Å². The van der Waals surface area contributed by atoms with Crippen LogP contribution in [0, 0.1) is 11.8 Å². The third kappa shape index (κ3) is 5.15. The molecule has 10 heteroatoms. The Hall–Kier alpha value is -2.20. The van der Waals surface area contributed by atoms with E-state index in [1.807, 2.05) is 0 Å². The predicted molar refractivity (Wildman–Crippen MR) is 93.5 cm³/mol. The van der Waals surface area contributed by atoms with Crippen LogP contribution in [0.5, 0.6) is 0 Å². The van der Waals surface area contributed by atoms with Gasteiger partial charge in [0.05, 0.1) is 11.8 Å². The van der Waals surface area contributed by atoms with Crippen LogP contribution in [0.4, 0.5) is 0 Å². The monoisotopic (exact) mass is 368 g/mol. The molecule has 0 aromatic rings. The topological polar surface area (TPSA) is 151 Å². The second-order valence-electron chi connectivity index (χ2n) is 6.64. The van der Waals surface area contributed by atoms with Crippen molar-refractivity contribution in [1.29, 1.82) is 0 Å². The molecule has 0 aromatic carbocycles. The summed E-state index contributed by atoms with van der Waals surface area (Å²) >= 11 is 0. The molecule has 0 spiro atoms. The van der Waals surface area contributed by atoms with Gasteiger partial charge < -0.3 is 31.9 Å². The minimum atomic E-state index is -0.377. The average Bonchev–Trinajstić information content (AvgIpc) is 3.18. The molecule has 2 atom stereocenters. The zero-order valence-electron chi connectivity index (χ0n) is 14.9. The quantitative estimate of drug-likeness (QED) is 0.337. The van der Waals surface area contributed by atoms with Crippen LogP contribution < -0.4 is 22.1 Å². The number of rotatable bonds is 9. The van der Waals surface area contributed by atoms with Gasteiger partial charge in [-0.2, -0.15) is 0 Å². The van der Waals surface area contributed by atoms with Crippen LogP contribution in [0.25, 0.3) is 0 Å². The minimum Gasteiger partial charge on any atom is -0.355 e. The Kier molecular flexibility index (Phi) is 7.34. The predicted octanol–water partition coefficient (Wildman–Crippen LogP) is -3.17. The zero-order valence-corrected chi connectivity index (χ0v) is 14.9. The van der Waals surface area contributed by atoms with Crippen LogP contribution in [-0.2, 0) is 19.2 Å². The molecule has 2 rings (SSSR count). The number of nitrogens with two attached hydrogens (primary N) is 2. The first-order chi connectivity index (χ1) is 12.5. The molecule has 2 unspecified atom stereocenters. The molecule has 2 aliphatic rings. The van der Waals surface area contributed by atoms with Crippen molar-refractivity contribution in [3.63, 3.8) is 0 Å². The number of nitrogens with zero attached hydrogens (tertiary/aromatic N) is 2. The lowest BCUT2D eigenvalue weighted by Gasteiger charge is -2.22. The maximum Gasteiger partial charge on any atom is 0.225 e. The first-order valence-electron chi connectivity index (χ1n) is 8.97. The zero-order chi connectivity index (χ0) is 19.1. The highest BCUT2D eigenvalue weighted by molar-refractivity contribution is 5.90. The summed E-state index contributed by atoms with van der Waals surface area (Å²) in [5.41, 5.74) is 10.7. The molecule has 4 amide bonds. The van der Waals surface area contributed by atoms with E-state index in [-0.39, 0.29) is 48.3 Å². The second kappa shape index (κ2) is 9.48. The fourth-order valence-corrected chi connectivity index (χ4v) is 3.25. The van der Waals surface area contributed by atoms with Gasteiger partial charge in [-0.05, 0) is 0 Å². The number of carbonyl (C=O) groups excluding carboxylic acids is 4. The Labute approximate surface area is 152 Å². The average molecular weight is 368 g/mol. The summed E-state index contributed by atoms with van der Waals surface area (Å²) in [6.45, 7) is 2.90. The van der Waals surface area contributed by atoms with Crippen LogP contribution in [0.15, 0.2) is 0 Å². The second-order valence-corrected chi connectivity index (χ2v) is 6.64. The van der Waals surface area contributed by atoms with Crippen LogP contribution in [-0.4, -0.2) is 85.8 Å². The van der Waals surface area contributed by atoms with Gasteiger partial charge in [0, 0.05) is 65.2 Å². The highest BCUT2D eigenvalue weighted by Crippen LogP contribution is 2.20. The van der Waals surface area contributed by atoms with E-state index in [9.17, 15) is 19.2 Å².